The van der Waals surface area contributed by atoms with Crippen molar-refractivity contribution >= 4 is 29.0 Å². The van der Waals surface area contributed by atoms with Crippen LogP contribution in [0.1, 0.15) is 30.9 Å². The topological polar surface area (TPSA) is 44.0 Å². The van der Waals surface area contributed by atoms with Gasteiger partial charge in [-0.15, -0.1) is 12.6 Å². The lowest BCUT2D eigenvalue weighted by Crippen LogP contribution is -2.22. The number of hydrogen-bond donors (Lipinski definition) is 2. The van der Waals surface area contributed by atoms with Crippen molar-refractivity contribution in [2.75, 3.05) is 6.61 Å². The van der Waals surface area contributed by atoms with Crippen LogP contribution in [0.4, 0.5) is 0 Å². The van der Waals surface area contributed by atoms with E-state index in [9.17, 15) is 5.26 Å². The van der Waals surface area contributed by atoms with Crippen LogP contribution in [-0.2, 0) is 5.41 Å². The molecule has 1 aromatic rings. The van der Waals surface area contributed by atoms with E-state index >= 15 is 0 Å². The Balaban J connectivity index is 3.20. The summed E-state index contributed by atoms with van der Waals surface area (Å²) in [5.41, 5.74) is 1.08. The fourth-order valence-corrected chi connectivity index (χ4v) is 2.21. The second-order valence-electron chi connectivity index (χ2n) is 4.12. The molecule has 0 aliphatic rings. The van der Waals surface area contributed by atoms with Gasteiger partial charge in [-0.2, -0.15) is 5.26 Å². The first-order valence-electron chi connectivity index (χ1n) is 5.40. The van der Waals surface area contributed by atoms with Crippen molar-refractivity contribution in [1.82, 2.24) is 0 Å². The quantitative estimate of drug-likeness (QED) is 0.635. The van der Waals surface area contributed by atoms with Crippen LogP contribution < -0.4 is 0 Å². The molecule has 1 aromatic carbocycles. The highest BCUT2D eigenvalue weighted by Gasteiger charge is 2.28. The fourth-order valence-electron chi connectivity index (χ4n) is 1.83. The molecule has 0 aromatic heterocycles. The van der Waals surface area contributed by atoms with Gasteiger partial charge in [0.2, 0.25) is 0 Å². The minimum absolute atomic E-state index is 0.0881. The van der Waals surface area contributed by atoms with E-state index in [1.807, 2.05) is 31.2 Å². The Morgan fingerprint density at radius 3 is 2.71 bits per heavy atom. The van der Waals surface area contributed by atoms with Crippen molar-refractivity contribution in [1.29, 1.82) is 5.26 Å². The maximum Gasteiger partial charge on any atom is 0.0801 e. The number of hydrogen-bond acceptors (Lipinski definition) is 3. The molecule has 1 N–H and O–H groups in total. The second kappa shape index (κ2) is 6.15. The summed E-state index contributed by atoms with van der Waals surface area (Å²) in [5, 5.41) is 18.3. The standard InChI is InChI=1S/C13H15NOS2/c1-13(9-14,7-4-8-15)11-6-3-2-5-10(11)12(16)17/h2-3,5-6,15H,4,7-8H2,1H3,(H,16,17). The van der Waals surface area contributed by atoms with Crippen LogP contribution in [0.5, 0.6) is 0 Å². The first-order chi connectivity index (χ1) is 8.05. The molecule has 4 heteroatoms. The van der Waals surface area contributed by atoms with Gasteiger partial charge in [0.15, 0.2) is 0 Å². The Bertz CT molecular complexity index is 453. The molecule has 1 rings (SSSR count). The minimum Gasteiger partial charge on any atom is -0.396 e. The fraction of sp³-hybridized carbons (Fsp3) is 0.385. The zero-order valence-electron chi connectivity index (χ0n) is 9.68. The third kappa shape index (κ3) is 3.29. The SMILES string of the molecule is CC(C#N)(CCCO)c1ccccc1C(=S)S. The molecule has 1 unspecified atom stereocenters. The third-order valence-electron chi connectivity index (χ3n) is 2.83. The van der Waals surface area contributed by atoms with E-state index in [4.69, 9.17) is 17.3 Å². The van der Waals surface area contributed by atoms with Crippen LogP contribution >= 0.6 is 24.8 Å². The Kier molecular flexibility index (Phi) is 5.13. The Hall–Kier alpha value is -0.890. The van der Waals surface area contributed by atoms with E-state index < -0.39 is 5.41 Å². The Morgan fingerprint density at radius 1 is 1.53 bits per heavy atom. The number of nitrogens with zero attached hydrogens (tertiary/aromatic N) is 1. The van der Waals surface area contributed by atoms with Gasteiger partial charge in [-0.25, -0.2) is 0 Å². The summed E-state index contributed by atoms with van der Waals surface area (Å²) in [4.78, 5) is 0. The predicted octanol–water partition coefficient (Wildman–Crippen LogP) is 2.85. The molecule has 0 bridgehead atoms. The minimum atomic E-state index is -0.633. The van der Waals surface area contributed by atoms with Gasteiger partial charge in [0, 0.05) is 12.2 Å². The molecule has 0 heterocycles. The first kappa shape index (κ1) is 14.2. The van der Waals surface area contributed by atoms with Crippen LogP contribution in [0.15, 0.2) is 24.3 Å². The summed E-state index contributed by atoms with van der Waals surface area (Å²) >= 11 is 9.28. The van der Waals surface area contributed by atoms with Crippen molar-refractivity contribution in [3.63, 3.8) is 0 Å². The maximum absolute atomic E-state index is 9.37. The molecule has 17 heavy (non-hydrogen) atoms. The van der Waals surface area contributed by atoms with Gasteiger partial charge < -0.3 is 5.11 Å². The molecule has 2 nitrogen and oxygen atoms in total. The molecular formula is C13H15NOS2. The van der Waals surface area contributed by atoms with Gasteiger partial charge >= 0.3 is 0 Å². The number of thiocarbonyl (C=S) groups is 1. The first-order valence-corrected chi connectivity index (χ1v) is 6.25. The number of aliphatic hydroxyl groups is 1. The van der Waals surface area contributed by atoms with E-state index in [0.717, 1.165) is 11.1 Å². The smallest absolute Gasteiger partial charge is 0.0801 e. The average Bonchev–Trinajstić information content (AvgIpc) is 2.36. The van der Waals surface area contributed by atoms with Crippen LogP contribution in [0.3, 0.4) is 0 Å². The van der Waals surface area contributed by atoms with E-state index in [0.29, 0.717) is 17.0 Å². The summed E-state index contributed by atoms with van der Waals surface area (Å²) < 4.78 is 0.492. The van der Waals surface area contributed by atoms with E-state index in [2.05, 4.69) is 18.7 Å². The molecule has 0 aliphatic carbocycles. The Morgan fingerprint density at radius 2 is 2.18 bits per heavy atom. The molecule has 90 valence electrons. The van der Waals surface area contributed by atoms with Crippen molar-refractivity contribution < 1.29 is 5.11 Å². The molecular weight excluding hydrogens is 250 g/mol. The number of aliphatic hydroxyl groups excluding tert-OH is 1. The lowest BCUT2D eigenvalue weighted by Gasteiger charge is -2.24. The lowest BCUT2D eigenvalue weighted by atomic mass is 9.78. The molecule has 0 amide bonds. The maximum atomic E-state index is 9.37. The average molecular weight is 265 g/mol. The van der Waals surface area contributed by atoms with Crippen molar-refractivity contribution in [2.45, 2.75) is 25.2 Å². The van der Waals surface area contributed by atoms with E-state index in [1.54, 1.807) is 0 Å². The van der Waals surface area contributed by atoms with E-state index in [-0.39, 0.29) is 6.61 Å². The highest BCUT2D eigenvalue weighted by molar-refractivity contribution is 8.11. The molecule has 0 saturated heterocycles. The molecule has 0 radical (unpaired) electrons. The summed E-state index contributed by atoms with van der Waals surface area (Å²) in [7, 11) is 0. The predicted molar refractivity (Wildman–Crippen MR) is 76.4 cm³/mol. The molecule has 1 atom stereocenters. The van der Waals surface area contributed by atoms with Crippen LogP contribution in [-0.4, -0.2) is 15.9 Å². The zero-order valence-corrected chi connectivity index (χ0v) is 11.4. The van der Waals surface area contributed by atoms with Crippen molar-refractivity contribution in [3.05, 3.63) is 35.4 Å². The van der Waals surface area contributed by atoms with Gasteiger partial charge in [-0.1, -0.05) is 36.5 Å². The van der Waals surface area contributed by atoms with Crippen LogP contribution in [0, 0.1) is 11.3 Å². The number of nitriles is 1. The van der Waals surface area contributed by atoms with Crippen molar-refractivity contribution in [3.8, 4) is 6.07 Å². The summed E-state index contributed by atoms with van der Waals surface area (Å²) in [6.07, 6.45) is 1.20. The monoisotopic (exact) mass is 265 g/mol. The van der Waals surface area contributed by atoms with Gasteiger partial charge in [0.25, 0.3) is 0 Å². The highest BCUT2D eigenvalue weighted by atomic mass is 32.1. The Labute approximate surface area is 113 Å². The van der Waals surface area contributed by atoms with Crippen LogP contribution in [0.2, 0.25) is 0 Å². The third-order valence-corrected chi connectivity index (χ3v) is 3.29. The van der Waals surface area contributed by atoms with Gasteiger partial charge in [0.05, 0.1) is 15.7 Å². The molecule has 0 aliphatic heterocycles. The number of rotatable bonds is 5. The summed E-state index contributed by atoms with van der Waals surface area (Å²) in [6.45, 7) is 1.96. The largest absolute Gasteiger partial charge is 0.396 e. The summed E-state index contributed by atoms with van der Waals surface area (Å²) in [5.74, 6) is 0. The van der Waals surface area contributed by atoms with E-state index in [1.165, 1.54) is 0 Å². The zero-order chi connectivity index (χ0) is 12.9. The normalized spacial score (nSPS) is 13.8. The van der Waals surface area contributed by atoms with Gasteiger partial charge in [-0.3, -0.25) is 0 Å². The highest BCUT2D eigenvalue weighted by Crippen LogP contribution is 2.31. The lowest BCUT2D eigenvalue weighted by molar-refractivity contribution is 0.274. The number of benzene rings is 1. The molecule has 0 saturated carbocycles. The van der Waals surface area contributed by atoms with Gasteiger partial charge in [-0.05, 0) is 25.3 Å². The van der Waals surface area contributed by atoms with Crippen molar-refractivity contribution in [2.24, 2.45) is 0 Å². The second-order valence-corrected chi connectivity index (χ2v) is 5.28. The van der Waals surface area contributed by atoms with Gasteiger partial charge in [0.1, 0.15) is 0 Å². The van der Waals surface area contributed by atoms with Crippen LogP contribution in [0.25, 0.3) is 0 Å². The summed E-state index contributed by atoms with van der Waals surface area (Å²) in [6, 6.07) is 9.86. The molecule has 0 fully saturated rings. The number of thiol groups is 1. The molecule has 0 spiro atoms.